The summed E-state index contributed by atoms with van der Waals surface area (Å²) >= 11 is 2.27. The van der Waals surface area contributed by atoms with Crippen LogP contribution in [0, 0.1) is 15.2 Å². The number of carbonyl (C=O) groups is 1. The molecule has 2 aromatic heterocycles. The third-order valence-electron chi connectivity index (χ3n) is 8.36. The van der Waals surface area contributed by atoms with E-state index in [1.54, 1.807) is 25.5 Å². The van der Waals surface area contributed by atoms with Crippen LogP contribution in [0.3, 0.4) is 0 Å². The van der Waals surface area contributed by atoms with Crippen molar-refractivity contribution in [1.82, 2.24) is 20.3 Å². The van der Waals surface area contributed by atoms with E-state index in [0.717, 1.165) is 39.5 Å². The summed E-state index contributed by atoms with van der Waals surface area (Å²) in [6, 6.07) is 15.5. The van der Waals surface area contributed by atoms with Crippen LogP contribution in [0.5, 0.6) is 11.5 Å². The number of nitrogens with zero attached hydrogens (tertiary/aromatic N) is 1. The van der Waals surface area contributed by atoms with Gasteiger partial charge < -0.3 is 30.2 Å². The predicted octanol–water partition coefficient (Wildman–Crippen LogP) is 7.70. The maximum absolute atomic E-state index is 15.4. The summed E-state index contributed by atoms with van der Waals surface area (Å²) < 4.78 is 37.9. The summed E-state index contributed by atoms with van der Waals surface area (Å²) in [6.45, 7) is 2.42. The van der Waals surface area contributed by atoms with Gasteiger partial charge in [0.1, 0.15) is 17.4 Å². The number of hydrogen-bond donors (Lipinski definition) is 5. The average Bonchev–Trinajstić information content (AvgIpc) is 3.70. The topological polar surface area (TPSA) is 123 Å². The lowest BCUT2D eigenvalue weighted by Crippen LogP contribution is -2.25. The van der Waals surface area contributed by atoms with Gasteiger partial charge in [0.25, 0.3) is 0 Å². The first-order chi connectivity index (χ1) is 22.1. The Labute approximate surface area is 279 Å². The van der Waals surface area contributed by atoms with Crippen LogP contribution in [0.25, 0.3) is 22.3 Å². The molecule has 5 rings (SSSR count). The van der Waals surface area contributed by atoms with E-state index >= 15 is 8.78 Å². The number of imidazole rings is 1. The highest BCUT2D eigenvalue weighted by molar-refractivity contribution is 14.1. The highest BCUT2D eigenvalue weighted by Gasteiger charge is 2.31. The molecule has 0 saturated carbocycles. The summed E-state index contributed by atoms with van der Waals surface area (Å²) in [6.07, 6.45) is 5.78. The van der Waals surface area contributed by atoms with Crippen LogP contribution in [-0.2, 0) is 16.6 Å². The van der Waals surface area contributed by atoms with Crippen LogP contribution < -0.4 is 10.1 Å². The number of nitrogens with one attached hydrogen (secondary N) is 3. The zero-order valence-electron chi connectivity index (χ0n) is 25.7. The largest absolute Gasteiger partial charge is 0.481 e. The Morgan fingerprint density at radius 1 is 1.11 bits per heavy atom. The fraction of sp³-hybridized carbons (Fsp3) is 0.314. The Bertz CT molecular complexity index is 1820. The van der Waals surface area contributed by atoms with Gasteiger partial charge in [-0.2, -0.15) is 0 Å². The van der Waals surface area contributed by atoms with Crippen LogP contribution in [-0.4, -0.2) is 50.8 Å². The van der Waals surface area contributed by atoms with Crippen molar-refractivity contribution in [2.24, 2.45) is 0 Å². The molecule has 2 unspecified atom stereocenters. The number of hydrogen-bond acceptors (Lipinski definition) is 5. The second-order valence-electron chi connectivity index (χ2n) is 11.7. The number of rotatable bonds is 15. The number of carboxylic acids is 1. The number of aromatic nitrogens is 3. The monoisotopic (exact) mass is 742 g/mol. The maximum Gasteiger partial charge on any atom is 0.303 e. The minimum absolute atomic E-state index is 0.0332. The number of carboxylic acid groups (broad SMARTS) is 1. The summed E-state index contributed by atoms with van der Waals surface area (Å²) in [5.41, 5.74) is 2.60. The van der Waals surface area contributed by atoms with Crippen molar-refractivity contribution < 1.29 is 28.5 Å². The van der Waals surface area contributed by atoms with Gasteiger partial charge in [0.15, 0.2) is 11.6 Å². The minimum atomic E-state index is -0.804. The molecule has 2 heterocycles. The third-order valence-corrected chi connectivity index (χ3v) is 9.03. The van der Waals surface area contributed by atoms with Gasteiger partial charge in [-0.15, -0.1) is 0 Å². The summed E-state index contributed by atoms with van der Waals surface area (Å²) in [5.74, 6) is -1.46. The molecule has 46 heavy (non-hydrogen) atoms. The molecule has 0 aliphatic heterocycles. The highest BCUT2D eigenvalue weighted by Crippen LogP contribution is 2.39. The number of aliphatic hydroxyl groups excluding tert-OH is 1. The second-order valence-corrected chi connectivity index (χ2v) is 13.0. The number of aromatic amines is 2. The number of H-pyrrole nitrogens is 2. The number of benzene rings is 3. The quantitative estimate of drug-likeness (QED) is 0.0554. The Kier molecular flexibility index (Phi) is 10.7. The third kappa shape index (κ3) is 7.59. The van der Waals surface area contributed by atoms with Crippen molar-refractivity contribution in [3.8, 4) is 22.9 Å². The van der Waals surface area contributed by atoms with Gasteiger partial charge in [0.05, 0.1) is 11.7 Å². The van der Waals surface area contributed by atoms with E-state index in [2.05, 4.69) is 61.9 Å². The van der Waals surface area contributed by atoms with Gasteiger partial charge in [0.2, 0.25) is 0 Å². The van der Waals surface area contributed by atoms with Crippen molar-refractivity contribution in [2.75, 3.05) is 13.6 Å². The smallest absolute Gasteiger partial charge is 0.303 e. The molecule has 0 spiro atoms. The lowest BCUT2D eigenvalue weighted by Gasteiger charge is -2.29. The fourth-order valence-corrected chi connectivity index (χ4v) is 6.43. The summed E-state index contributed by atoms with van der Waals surface area (Å²) in [4.78, 5) is 21.9. The van der Waals surface area contributed by atoms with Crippen molar-refractivity contribution in [1.29, 1.82) is 0 Å². The van der Waals surface area contributed by atoms with Gasteiger partial charge in [0, 0.05) is 69.0 Å². The van der Waals surface area contributed by atoms with Crippen molar-refractivity contribution in [3.05, 3.63) is 99.0 Å². The second kappa shape index (κ2) is 14.7. The predicted molar refractivity (Wildman–Crippen MR) is 182 cm³/mol. The van der Waals surface area contributed by atoms with Crippen molar-refractivity contribution >= 4 is 39.5 Å². The molecule has 242 valence electrons. The normalized spacial score (nSPS) is 13.5. The molecule has 0 amide bonds. The Balaban J connectivity index is 1.46. The lowest BCUT2D eigenvalue weighted by atomic mass is 9.75. The molecule has 0 saturated heterocycles. The number of aliphatic hydroxyl groups is 1. The van der Waals surface area contributed by atoms with Gasteiger partial charge in [-0.25, -0.2) is 13.8 Å². The molecule has 0 aliphatic rings. The molecule has 8 nitrogen and oxygen atoms in total. The lowest BCUT2D eigenvalue weighted by molar-refractivity contribution is -0.137. The molecule has 0 aliphatic carbocycles. The van der Waals surface area contributed by atoms with Gasteiger partial charge in [-0.05, 0) is 91.4 Å². The standard InChI is InChI=1S/C35H37F2IN4O4/c1-35(13-5-3-4-9-32(44)45,21-7-6-8-22(38)15-21)31-20-41-34(42-31)27-17-24(10-11-28(27)36)46-33-26(16-23(43)19-39-2)25-12-14-40-30(25)18-29(33)37/h6-8,10-12,14-15,17-18,20,23,39-40,43H,3-5,9,13,16,19H2,1-2H3,(H,41,42)(H,44,45). The number of unbranched alkanes of at least 4 members (excludes halogenated alkanes) is 2. The first kappa shape index (κ1) is 33.6. The molecular weight excluding hydrogens is 705 g/mol. The van der Waals surface area contributed by atoms with Crippen LogP contribution in [0.1, 0.15) is 55.8 Å². The Morgan fingerprint density at radius 2 is 1.93 bits per heavy atom. The van der Waals surface area contributed by atoms with E-state index in [1.165, 1.54) is 24.3 Å². The molecule has 5 N–H and O–H groups in total. The van der Waals surface area contributed by atoms with E-state index in [9.17, 15) is 9.90 Å². The zero-order valence-corrected chi connectivity index (χ0v) is 27.8. The highest BCUT2D eigenvalue weighted by atomic mass is 127. The van der Waals surface area contributed by atoms with E-state index in [1.807, 2.05) is 12.1 Å². The Hall–Kier alpha value is -3.81. The van der Waals surface area contributed by atoms with Crippen LogP contribution in [0.4, 0.5) is 8.78 Å². The Morgan fingerprint density at radius 3 is 2.70 bits per heavy atom. The number of aliphatic carboxylic acids is 1. The van der Waals surface area contributed by atoms with Crippen molar-refractivity contribution in [3.63, 3.8) is 0 Å². The number of fused-ring (bicyclic) bond motifs is 1. The average molecular weight is 743 g/mol. The molecule has 0 radical (unpaired) electrons. The SMILES string of the molecule is CNCC(O)Cc1c(Oc2ccc(F)c(-c3ncc(C(C)(CCCCCC(=O)O)c4cccc(I)c4)[nH]3)c2)c(F)cc2[nH]ccc12. The molecule has 2 atom stereocenters. The van der Waals surface area contributed by atoms with Crippen LogP contribution >= 0.6 is 22.6 Å². The first-order valence-electron chi connectivity index (χ1n) is 15.2. The molecule has 5 aromatic rings. The molecule has 0 fully saturated rings. The number of likely N-dealkylation sites (N-methyl/N-ethyl adjacent to an activating group) is 1. The van der Waals surface area contributed by atoms with Crippen LogP contribution in [0.15, 0.2) is 67.0 Å². The summed E-state index contributed by atoms with van der Waals surface area (Å²) in [7, 11) is 1.73. The van der Waals surface area contributed by atoms with Gasteiger partial charge in [-0.1, -0.05) is 25.0 Å². The van der Waals surface area contributed by atoms with E-state index < -0.39 is 29.1 Å². The molecule has 3 aromatic carbocycles. The zero-order chi connectivity index (χ0) is 32.8. The molecule has 11 heteroatoms. The maximum atomic E-state index is 15.4. The van der Waals surface area contributed by atoms with Gasteiger partial charge >= 0.3 is 5.97 Å². The molecule has 0 bridgehead atoms. The van der Waals surface area contributed by atoms with Gasteiger partial charge in [-0.3, -0.25) is 4.79 Å². The van der Waals surface area contributed by atoms with E-state index in [-0.39, 0.29) is 29.9 Å². The van der Waals surface area contributed by atoms with Crippen molar-refractivity contribution in [2.45, 2.75) is 57.0 Å². The molecular formula is C35H37F2IN4O4. The first-order valence-corrected chi connectivity index (χ1v) is 16.3. The fourth-order valence-electron chi connectivity index (χ4n) is 5.88. The minimum Gasteiger partial charge on any atom is -0.481 e. The van der Waals surface area contributed by atoms with Crippen LogP contribution in [0.2, 0.25) is 0 Å². The number of ether oxygens (including phenoxy) is 1. The van der Waals surface area contributed by atoms with E-state index in [0.29, 0.717) is 29.9 Å². The summed E-state index contributed by atoms with van der Waals surface area (Å²) in [5, 5.41) is 23.2. The van der Waals surface area contributed by atoms with E-state index in [4.69, 9.17) is 9.84 Å². The number of halogens is 3.